The molecule has 1 aliphatic rings. The molecule has 20 heavy (non-hydrogen) atoms. The van der Waals surface area contributed by atoms with Gasteiger partial charge in [-0.05, 0) is 31.5 Å². The van der Waals surface area contributed by atoms with Crippen molar-refractivity contribution < 1.29 is 9.59 Å². The number of hydrogen-bond donors (Lipinski definition) is 3. The van der Waals surface area contributed by atoms with E-state index >= 15 is 0 Å². The third kappa shape index (κ3) is 3.27. The first-order valence-corrected chi connectivity index (χ1v) is 6.72. The number of hydrogen-bond acceptors (Lipinski definition) is 4. The van der Waals surface area contributed by atoms with Crippen LogP contribution in [0.5, 0.6) is 0 Å². The molecule has 6 heteroatoms. The van der Waals surface area contributed by atoms with Crippen LogP contribution in [0.2, 0.25) is 0 Å². The van der Waals surface area contributed by atoms with Crippen molar-refractivity contribution in [3.05, 3.63) is 29.8 Å². The fourth-order valence-corrected chi connectivity index (χ4v) is 2.65. The normalized spacial score (nSPS) is 18.1. The van der Waals surface area contributed by atoms with Gasteiger partial charge in [-0.15, -0.1) is 0 Å². The van der Waals surface area contributed by atoms with Crippen molar-refractivity contribution in [1.82, 2.24) is 10.6 Å². The molecule has 1 heterocycles. The second-order valence-corrected chi connectivity index (χ2v) is 4.88. The first kappa shape index (κ1) is 14.3. The van der Waals surface area contributed by atoms with E-state index in [9.17, 15) is 9.59 Å². The van der Waals surface area contributed by atoms with Crippen molar-refractivity contribution in [3.8, 4) is 0 Å². The molecule has 4 N–H and O–H groups in total. The minimum absolute atomic E-state index is 0.135. The van der Waals surface area contributed by atoms with Gasteiger partial charge in [0.05, 0.1) is 6.54 Å². The molecule has 0 bridgehead atoms. The Labute approximate surface area is 118 Å². The fourth-order valence-electron chi connectivity index (χ4n) is 2.65. The number of urea groups is 1. The number of para-hydroxylation sites is 1. The number of fused-ring (bicyclic) bond motifs is 1. The number of benzene rings is 1. The summed E-state index contributed by atoms with van der Waals surface area (Å²) in [5, 5.41) is 5.41. The van der Waals surface area contributed by atoms with Crippen molar-refractivity contribution in [2.45, 2.75) is 18.9 Å². The predicted molar refractivity (Wildman–Crippen MR) is 77.4 cm³/mol. The van der Waals surface area contributed by atoms with Gasteiger partial charge in [0, 0.05) is 18.3 Å². The number of amides is 3. The van der Waals surface area contributed by atoms with Crippen LogP contribution in [0.1, 0.15) is 24.4 Å². The maximum absolute atomic E-state index is 11.7. The van der Waals surface area contributed by atoms with E-state index in [1.165, 1.54) is 5.56 Å². The largest absolute Gasteiger partial charge is 0.362 e. The molecule has 0 spiro atoms. The van der Waals surface area contributed by atoms with Gasteiger partial charge < -0.3 is 16.0 Å². The van der Waals surface area contributed by atoms with E-state index in [4.69, 9.17) is 5.73 Å². The van der Waals surface area contributed by atoms with Gasteiger partial charge in [0.15, 0.2) is 0 Å². The zero-order valence-electron chi connectivity index (χ0n) is 11.6. The van der Waals surface area contributed by atoms with E-state index in [0.717, 1.165) is 25.1 Å². The number of anilines is 1. The molecule has 0 saturated carbocycles. The molecule has 1 aromatic carbocycles. The SMILES string of the molecule is CNC1CCCN(CC(=O)NC(N)=O)c2ccccc21. The first-order valence-electron chi connectivity index (χ1n) is 6.72. The first-order chi connectivity index (χ1) is 9.61. The van der Waals surface area contributed by atoms with Gasteiger partial charge in [0.2, 0.25) is 5.91 Å². The molecule has 0 saturated heterocycles. The molecule has 3 amide bonds. The minimum Gasteiger partial charge on any atom is -0.362 e. The summed E-state index contributed by atoms with van der Waals surface area (Å²) in [6, 6.07) is 7.50. The lowest BCUT2D eigenvalue weighted by Gasteiger charge is -2.25. The van der Waals surface area contributed by atoms with E-state index in [-0.39, 0.29) is 18.5 Å². The summed E-state index contributed by atoms with van der Waals surface area (Å²) in [6.07, 6.45) is 1.99. The van der Waals surface area contributed by atoms with Crippen LogP contribution in [0.3, 0.4) is 0 Å². The highest BCUT2D eigenvalue weighted by Crippen LogP contribution is 2.32. The smallest absolute Gasteiger partial charge is 0.318 e. The average Bonchev–Trinajstić information content (AvgIpc) is 2.58. The number of primary amides is 1. The van der Waals surface area contributed by atoms with Crippen LogP contribution in [-0.2, 0) is 4.79 Å². The second kappa shape index (κ2) is 6.38. The third-order valence-corrected chi connectivity index (χ3v) is 3.52. The van der Waals surface area contributed by atoms with Gasteiger partial charge in [-0.2, -0.15) is 0 Å². The highest BCUT2D eigenvalue weighted by molar-refractivity contribution is 5.95. The Hall–Kier alpha value is -2.08. The van der Waals surface area contributed by atoms with E-state index < -0.39 is 6.03 Å². The summed E-state index contributed by atoms with van der Waals surface area (Å²) in [6.45, 7) is 0.914. The lowest BCUT2D eigenvalue weighted by atomic mass is 10.0. The summed E-state index contributed by atoms with van der Waals surface area (Å²) in [7, 11) is 1.94. The fraction of sp³-hybridized carbons (Fsp3) is 0.429. The van der Waals surface area contributed by atoms with Crippen molar-refractivity contribution in [1.29, 1.82) is 0 Å². The molecule has 0 radical (unpaired) electrons. The van der Waals surface area contributed by atoms with E-state index in [1.807, 2.05) is 30.1 Å². The van der Waals surface area contributed by atoms with Crippen molar-refractivity contribution >= 4 is 17.6 Å². The third-order valence-electron chi connectivity index (χ3n) is 3.52. The van der Waals surface area contributed by atoms with Gasteiger partial charge in [0.1, 0.15) is 0 Å². The molecule has 1 unspecified atom stereocenters. The molecular weight excluding hydrogens is 256 g/mol. The molecule has 0 aliphatic carbocycles. The van der Waals surface area contributed by atoms with Crippen LogP contribution >= 0.6 is 0 Å². The number of imide groups is 1. The number of nitrogens with two attached hydrogens (primary N) is 1. The van der Waals surface area contributed by atoms with E-state index in [1.54, 1.807) is 0 Å². The Balaban J connectivity index is 2.21. The topological polar surface area (TPSA) is 87.5 Å². The monoisotopic (exact) mass is 276 g/mol. The summed E-state index contributed by atoms with van der Waals surface area (Å²) in [5.74, 6) is -0.379. The number of carbonyl (C=O) groups is 2. The van der Waals surface area contributed by atoms with Crippen molar-refractivity contribution in [2.75, 3.05) is 25.0 Å². The second-order valence-electron chi connectivity index (χ2n) is 4.88. The molecule has 1 aromatic rings. The number of nitrogens with zero attached hydrogens (tertiary/aromatic N) is 1. The number of nitrogens with one attached hydrogen (secondary N) is 2. The lowest BCUT2D eigenvalue weighted by Crippen LogP contribution is -2.42. The molecule has 0 aromatic heterocycles. The van der Waals surface area contributed by atoms with Crippen molar-refractivity contribution in [3.63, 3.8) is 0 Å². The highest BCUT2D eigenvalue weighted by Gasteiger charge is 2.23. The van der Waals surface area contributed by atoms with Gasteiger partial charge in [-0.25, -0.2) is 4.79 Å². The Morgan fingerprint density at radius 1 is 1.40 bits per heavy atom. The van der Waals surface area contributed by atoms with Gasteiger partial charge in [0.25, 0.3) is 0 Å². The summed E-state index contributed by atoms with van der Waals surface area (Å²) >= 11 is 0. The molecule has 6 nitrogen and oxygen atoms in total. The molecule has 2 rings (SSSR count). The summed E-state index contributed by atoms with van der Waals surface area (Å²) in [4.78, 5) is 24.4. The van der Waals surface area contributed by atoms with Crippen molar-refractivity contribution in [2.24, 2.45) is 5.73 Å². The predicted octanol–water partition coefficient (Wildman–Crippen LogP) is 0.742. The Morgan fingerprint density at radius 3 is 2.85 bits per heavy atom. The quantitative estimate of drug-likeness (QED) is 0.760. The number of carbonyl (C=O) groups excluding carboxylic acids is 2. The van der Waals surface area contributed by atoms with Gasteiger partial charge >= 0.3 is 6.03 Å². The van der Waals surface area contributed by atoms with Gasteiger partial charge in [-0.1, -0.05) is 18.2 Å². The van der Waals surface area contributed by atoms with Crippen LogP contribution in [0.15, 0.2) is 24.3 Å². The Bertz CT molecular complexity index is 504. The van der Waals surface area contributed by atoms with Crippen LogP contribution in [0.4, 0.5) is 10.5 Å². The molecular formula is C14H20N4O2. The maximum Gasteiger partial charge on any atom is 0.318 e. The Morgan fingerprint density at radius 2 is 2.15 bits per heavy atom. The van der Waals surface area contributed by atoms with Gasteiger partial charge in [-0.3, -0.25) is 10.1 Å². The van der Waals surface area contributed by atoms with E-state index in [2.05, 4.69) is 16.7 Å². The maximum atomic E-state index is 11.7. The zero-order valence-corrected chi connectivity index (χ0v) is 11.6. The minimum atomic E-state index is -0.814. The zero-order chi connectivity index (χ0) is 14.5. The van der Waals surface area contributed by atoms with E-state index in [0.29, 0.717) is 0 Å². The molecule has 1 aliphatic heterocycles. The van der Waals surface area contributed by atoms with Crippen LogP contribution in [0, 0.1) is 0 Å². The van der Waals surface area contributed by atoms with Crippen LogP contribution in [-0.4, -0.2) is 32.1 Å². The Kier molecular flexibility index (Phi) is 4.57. The molecule has 1 atom stereocenters. The summed E-state index contributed by atoms with van der Waals surface area (Å²) in [5.41, 5.74) is 7.18. The standard InChI is InChI=1S/C14H20N4O2/c1-16-11-6-4-8-18(9-13(19)17-14(15)20)12-7-3-2-5-10(11)12/h2-3,5,7,11,16H,4,6,8-9H2,1H3,(H3,15,17,19,20). The highest BCUT2D eigenvalue weighted by atomic mass is 16.2. The lowest BCUT2D eigenvalue weighted by molar-refractivity contribution is -0.118. The van der Waals surface area contributed by atoms with Crippen LogP contribution in [0.25, 0.3) is 0 Å². The molecule has 0 fully saturated rings. The molecule has 108 valence electrons. The number of rotatable bonds is 3. The summed E-state index contributed by atoms with van der Waals surface area (Å²) < 4.78 is 0. The van der Waals surface area contributed by atoms with Crippen LogP contribution < -0.4 is 21.3 Å². The average molecular weight is 276 g/mol.